The summed E-state index contributed by atoms with van der Waals surface area (Å²) in [5, 5.41) is 7.53. The first-order chi connectivity index (χ1) is 14.9. The molecule has 4 rings (SSSR count). The number of sulfone groups is 1. The summed E-state index contributed by atoms with van der Waals surface area (Å²) in [6, 6.07) is 3.41. The van der Waals surface area contributed by atoms with E-state index in [1.165, 1.54) is 18.0 Å². The number of pyridine rings is 1. The molecule has 0 bridgehead atoms. The zero-order valence-corrected chi connectivity index (χ0v) is 20.0. The molecule has 32 heavy (non-hydrogen) atoms. The summed E-state index contributed by atoms with van der Waals surface area (Å²) in [6.07, 6.45) is 5.41. The molecule has 3 heterocycles. The topological polar surface area (TPSA) is 108 Å². The minimum absolute atomic E-state index is 0.0754. The largest absolute Gasteiger partial charge is 0.495 e. The summed E-state index contributed by atoms with van der Waals surface area (Å²) in [6.45, 7) is 6.95. The lowest BCUT2D eigenvalue weighted by molar-refractivity contribution is 0.0926. The molecule has 1 saturated carbocycles. The molecule has 172 valence electrons. The van der Waals surface area contributed by atoms with Gasteiger partial charge in [-0.1, -0.05) is 0 Å². The zero-order chi connectivity index (χ0) is 23.4. The second-order valence-corrected chi connectivity index (χ2v) is 12.0. The highest BCUT2D eigenvalue weighted by Gasteiger charge is 2.34. The molecule has 0 aliphatic heterocycles. The summed E-state index contributed by atoms with van der Waals surface area (Å²) in [5.74, 6) is 0.598. The number of nitrogens with one attached hydrogen (secondary N) is 1. The fraction of sp³-hybridized carbons (Fsp3) is 0.500. The predicted molar refractivity (Wildman–Crippen MR) is 121 cm³/mol. The summed E-state index contributed by atoms with van der Waals surface area (Å²) in [5.41, 5.74) is 2.05. The Hall–Kier alpha value is -2.88. The Morgan fingerprint density at radius 3 is 2.56 bits per heavy atom. The quantitative estimate of drug-likeness (QED) is 0.607. The van der Waals surface area contributed by atoms with Crippen LogP contribution in [-0.2, 0) is 16.9 Å². The predicted octanol–water partition coefficient (Wildman–Crippen LogP) is 2.84. The van der Waals surface area contributed by atoms with Crippen LogP contribution in [0.1, 0.15) is 51.0 Å². The standard InChI is InChI=1S/C22H29N5O4S/c1-13(14-7-8-14)24-21(28)16-9-15(25-26(16)5)17-11-23-20-10-18(31-6)19(12-27(17)20)32(29,30)22(2,3)4/h9-14H,7-8H2,1-6H3,(H,24,28)/t13-/m0/s1. The average Bonchev–Trinajstić information content (AvgIpc) is 3.38. The van der Waals surface area contributed by atoms with Crippen LogP contribution in [0, 0.1) is 5.92 Å². The fourth-order valence-electron chi connectivity index (χ4n) is 3.67. The number of imidazole rings is 1. The third-order valence-corrected chi connectivity index (χ3v) is 8.45. The van der Waals surface area contributed by atoms with Gasteiger partial charge in [0.2, 0.25) is 0 Å². The monoisotopic (exact) mass is 459 g/mol. The van der Waals surface area contributed by atoms with Crippen LogP contribution in [0.3, 0.4) is 0 Å². The van der Waals surface area contributed by atoms with E-state index in [-0.39, 0.29) is 22.6 Å². The van der Waals surface area contributed by atoms with Crippen LogP contribution in [-0.4, -0.2) is 51.4 Å². The normalized spacial score (nSPS) is 15.7. The SMILES string of the molecule is COc1cc2ncc(-c3cc(C(=O)N[C@@H](C)C4CC4)n(C)n3)n2cc1S(=O)(=O)C(C)(C)C. The van der Waals surface area contributed by atoms with E-state index in [4.69, 9.17) is 4.74 Å². The zero-order valence-electron chi connectivity index (χ0n) is 19.2. The number of fused-ring (bicyclic) bond motifs is 1. The Labute approximate surface area is 187 Å². The second-order valence-electron chi connectivity index (χ2n) is 9.33. The number of methoxy groups -OCH3 is 1. The van der Waals surface area contributed by atoms with E-state index in [9.17, 15) is 13.2 Å². The molecule has 10 heteroatoms. The molecule has 1 aliphatic carbocycles. The van der Waals surface area contributed by atoms with Crippen LogP contribution in [0.4, 0.5) is 0 Å². The van der Waals surface area contributed by atoms with Crippen molar-refractivity contribution < 1.29 is 17.9 Å². The van der Waals surface area contributed by atoms with Crippen molar-refractivity contribution in [3.8, 4) is 17.1 Å². The third-order valence-electron chi connectivity index (χ3n) is 5.95. The molecule has 1 N–H and O–H groups in total. The number of carbonyl (C=O) groups excluding carboxylic acids is 1. The molecule has 1 amide bonds. The van der Waals surface area contributed by atoms with E-state index in [2.05, 4.69) is 15.4 Å². The molecule has 1 atom stereocenters. The van der Waals surface area contributed by atoms with Crippen molar-refractivity contribution in [1.82, 2.24) is 24.5 Å². The molecule has 0 aromatic carbocycles. The molecule has 0 saturated heterocycles. The second kappa shape index (κ2) is 7.61. The third kappa shape index (κ3) is 3.76. The van der Waals surface area contributed by atoms with Gasteiger partial charge in [-0.3, -0.25) is 13.9 Å². The number of hydrogen-bond acceptors (Lipinski definition) is 6. The van der Waals surface area contributed by atoms with Gasteiger partial charge in [0.1, 0.15) is 27.7 Å². The van der Waals surface area contributed by atoms with Gasteiger partial charge in [-0.15, -0.1) is 0 Å². The van der Waals surface area contributed by atoms with Crippen LogP contribution < -0.4 is 10.1 Å². The molecule has 3 aromatic rings. The highest BCUT2D eigenvalue weighted by atomic mass is 32.2. The van der Waals surface area contributed by atoms with Gasteiger partial charge in [-0.2, -0.15) is 5.10 Å². The smallest absolute Gasteiger partial charge is 0.269 e. The van der Waals surface area contributed by atoms with Gasteiger partial charge in [-0.05, 0) is 52.5 Å². The summed E-state index contributed by atoms with van der Waals surface area (Å²) >= 11 is 0. The van der Waals surface area contributed by atoms with Crippen LogP contribution in [0.2, 0.25) is 0 Å². The number of ether oxygens (including phenoxy) is 1. The van der Waals surface area contributed by atoms with Gasteiger partial charge in [0.25, 0.3) is 5.91 Å². The number of aromatic nitrogens is 4. The highest BCUT2D eigenvalue weighted by Crippen LogP contribution is 2.34. The summed E-state index contributed by atoms with van der Waals surface area (Å²) < 4.78 is 33.9. The first kappa shape index (κ1) is 22.3. The van der Waals surface area contributed by atoms with Crippen molar-refractivity contribution in [1.29, 1.82) is 0 Å². The minimum atomic E-state index is -3.68. The van der Waals surface area contributed by atoms with Gasteiger partial charge in [0.05, 0.1) is 23.7 Å². The molecule has 0 spiro atoms. The Bertz CT molecular complexity index is 1300. The molecule has 1 fully saturated rings. The van der Waals surface area contributed by atoms with Crippen molar-refractivity contribution in [3.05, 3.63) is 30.2 Å². The van der Waals surface area contributed by atoms with Gasteiger partial charge in [0, 0.05) is 25.4 Å². The van der Waals surface area contributed by atoms with E-state index >= 15 is 0 Å². The summed E-state index contributed by atoms with van der Waals surface area (Å²) in [4.78, 5) is 17.2. The number of hydrogen-bond donors (Lipinski definition) is 1. The van der Waals surface area contributed by atoms with Crippen LogP contribution in [0.5, 0.6) is 5.75 Å². The molecule has 9 nitrogen and oxygen atoms in total. The maximum Gasteiger partial charge on any atom is 0.269 e. The van der Waals surface area contributed by atoms with Gasteiger partial charge in [0.15, 0.2) is 9.84 Å². The number of rotatable bonds is 6. The lowest BCUT2D eigenvalue weighted by atomic mass is 10.2. The fourth-order valence-corrected chi connectivity index (χ4v) is 4.98. The van der Waals surface area contributed by atoms with E-state index in [0.717, 1.165) is 12.8 Å². The lowest BCUT2D eigenvalue weighted by Crippen LogP contribution is -2.35. The number of nitrogens with zero attached hydrogens (tertiary/aromatic N) is 4. The van der Waals surface area contributed by atoms with E-state index < -0.39 is 14.6 Å². The van der Waals surface area contributed by atoms with Crippen LogP contribution in [0.25, 0.3) is 17.0 Å². The van der Waals surface area contributed by atoms with Crippen molar-refractivity contribution in [2.75, 3.05) is 7.11 Å². The van der Waals surface area contributed by atoms with Gasteiger partial charge in [-0.25, -0.2) is 13.4 Å². The molecule has 1 aliphatic rings. The molecule has 0 radical (unpaired) electrons. The van der Waals surface area contributed by atoms with E-state index in [1.807, 2.05) is 6.92 Å². The van der Waals surface area contributed by atoms with Crippen LogP contribution in [0.15, 0.2) is 29.4 Å². The molecule has 3 aromatic heterocycles. The van der Waals surface area contributed by atoms with Crippen molar-refractivity contribution in [2.45, 2.75) is 56.2 Å². The summed E-state index contributed by atoms with van der Waals surface area (Å²) in [7, 11) is -0.539. The van der Waals surface area contributed by atoms with Crippen molar-refractivity contribution in [3.63, 3.8) is 0 Å². The number of aryl methyl sites for hydroxylation is 1. The van der Waals surface area contributed by atoms with Gasteiger partial charge < -0.3 is 10.1 Å². The average molecular weight is 460 g/mol. The van der Waals surface area contributed by atoms with Gasteiger partial charge >= 0.3 is 0 Å². The first-order valence-electron chi connectivity index (χ1n) is 10.6. The Kier molecular flexibility index (Phi) is 5.31. The van der Waals surface area contributed by atoms with E-state index in [0.29, 0.717) is 28.6 Å². The maximum absolute atomic E-state index is 13.2. The minimum Gasteiger partial charge on any atom is -0.495 e. The Morgan fingerprint density at radius 1 is 1.28 bits per heavy atom. The Morgan fingerprint density at radius 2 is 1.97 bits per heavy atom. The Balaban J connectivity index is 1.77. The molecular weight excluding hydrogens is 430 g/mol. The van der Waals surface area contributed by atoms with Crippen molar-refractivity contribution >= 4 is 21.4 Å². The molecular formula is C22H29N5O4S. The lowest BCUT2D eigenvalue weighted by Gasteiger charge is -2.21. The maximum atomic E-state index is 13.2. The van der Waals surface area contributed by atoms with E-state index in [1.54, 1.807) is 50.5 Å². The highest BCUT2D eigenvalue weighted by molar-refractivity contribution is 7.92. The molecule has 0 unspecified atom stereocenters. The van der Waals surface area contributed by atoms with Crippen molar-refractivity contribution in [2.24, 2.45) is 13.0 Å². The first-order valence-corrected chi connectivity index (χ1v) is 12.1. The number of amides is 1. The number of carbonyl (C=O) groups is 1. The van der Waals surface area contributed by atoms with Crippen LogP contribution >= 0.6 is 0 Å².